The second-order valence-electron chi connectivity index (χ2n) is 3.08. The molecule has 1 aromatic carbocycles. The lowest BCUT2D eigenvalue weighted by molar-refractivity contribution is -0.122. The van der Waals surface area contributed by atoms with Crippen LogP contribution in [0.5, 0.6) is 0 Å². The lowest BCUT2D eigenvalue weighted by Gasteiger charge is -2.09. The normalized spacial score (nSPS) is 19.6. The Morgan fingerprint density at radius 1 is 1.25 bits per heavy atom. The van der Waals surface area contributed by atoms with Crippen LogP contribution in [0.3, 0.4) is 0 Å². The maximum Gasteiger partial charge on any atom is 0.296 e. The Kier molecular flexibility index (Phi) is 2.30. The number of ether oxygens (including phenoxy) is 1. The molecule has 1 aliphatic rings. The fraction of sp³-hybridized carbons (Fsp3) is 0.111. The van der Waals surface area contributed by atoms with Gasteiger partial charge in [-0.2, -0.15) is 4.99 Å². The zero-order chi connectivity index (χ0) is 11.9. The third kappa shape index (κ3) is 1.60. The van der Waals surface area contributed by atoms with Crippen LogP contribution in [-0.4, -0.2) is 11.9 Å². The molecule has 7 heteroatoms. The number of hydrogen-bond donors (Lipinski definition) is 1. The van der Waals surface area contributed by atoms with Gasteiger partial charge >= 0.3 is 0 Å². The number of nitrogens with two attached hydrogens (primary N) is 1. The van der Waals surface area contributed by atoms with Crippen molar-refractivity contribution in [2.24, 2.45) is 10.7 Å². The summed E-state index contributed by atoms with van der Waals surface area (Å²) >= 11 is 0. The molecule has 0 aromatic heterocycles. The highest BCUT2D eigenvalue weighted by Gasteiger charge is 2.30. The summed E-state index contributed by atoms with van der Waals surface area (Å²) in [5.74, 6) is -5.21. The van der Waals surface area contributed by atoms with Crippen LogP contribution in [0.15, 0.2) is 17.1 Å². The Morgan fingerprint density at radius 3 is 2.25 bits per heavy atom. The van der Waals surface area contributed by atoms with Gasteiger partial charge in [-0.1, -0.05) is 0 Å². The number of carbonyl (C=O) groups excluding carboxylic acids is 1. The van der Waals surface area contributed by atoms with Gasteiger partial charge < -0.3 is 10.5 Å². The van der Waals surface area contributed by atoms with Gasteiger partial charge in [-0.3, -0.25) is 4.79 Å². The van der Waals surface area contributed by atoms with E-state index in [2.05, 4.69) is 4.99 Å². The summed E-state index contributed by atoms with van der Waals surface area (Å²) < 4.78 is 43.1. The van der Waals surface area contributed by atoms with Crippen molar-refractivity contribution in [1.29, 1.82) is 0 Å². The molecule has 1 aliphatic heterocycles. The molecule has 0 spiro atoms. The van der Waals surface area contributed by atoms with Gasteiger partial charge in [0.15, 0.2) is 17.5 Å². The van der Waals surface area contributed by atoms with Crippen LogP contribution >= 0.6 is 0 Å². The van der Waals surface area contributed by atoms with Crippen LogP contribution in [0.1, 0.15) is 11.7 Å². The standard InChI is InChI=1S/C9H5F3N2O2/c10-4-1-3(2-5(11)6(4)12)7-8(15)14-9(13)16-7/h1-2,7H,(H2,13,14,15). The molecule has 0 fully saturated rings. The summed E-state index contributed by atoms with van der Waals surface area (Å²) in [6, 6.07) is 0.935. The smallest absolute Gasteiger partial charge is 0.296 e. The van der Waals surface area contributed by atoms with Crippen molar-refractivity contribution in [1.82, 2.24) is 0 Å². The van der Waals surface area contributed by atoms with Gasteiger partial charge in [0.1, 0.15) is 0 Å². The second kappa shape index (κ2) is 3.51. The monoisotopic (exact) mass is 230 g/mol. The van der Waals surface area contributed by atoms with E-state index >= 15 is 0 Å². The first-order valence-corrected chi connectivity index (χ1v) is 4.18. The fourth-order valence-electron chi connectivity index (χ4n) is 1.30. The number of amidine groups is 1. The largest absolute Gasteiger partial charge is 0.447 e. The molecule has 16 heavy (non-hydrogen) atoms. The van der Waals surface area contributed by atoms with E-state index in [4.69, 9.17) is 10.5 Å². The average molecular weight is 230 g/mol. The minimum Gasteiger partial charge on any atom is -0.447 e. The van der Waals surface area contributed by atoms with Gasteiger partial charge in [0, 0.05) is 5.56 Å². The summed E-state index contributed by atoms with van der Waals surface area (Å²) in [6.45, 7) is 0. The molecule has 0 bridgehead atoms. The van der Waals surface area contributed by atoms with Crippen molar-refractivity contribution in [2.75, 3.05) is 0 Å². The van der Waals surface area contributed by atoms with Crippen LogP contribution in [0, 0.1) is 17.5 Å². The van der Waals surface area contributed by atoms with E-state index in [-0.39, 0.29) is 11.6 Å². The number of carbonyl (C=O) groups is 1. The number of benzene rings is 1. The Morgan fingerprint density at radius 2 is 1.81 bits per heavy atom. The Labute approximate surface area is 87.5 Å². The van der Waals surface area contributed by atoms with E-state index in [1.54, 1.807) is 0 Å². The Hall–Kier alpha value is -2.05. The summed E-state index contributed by atoms with van der Waals surface area (Å²) in [7, 11) is 0. The minimum atomic E-state index is -1.61. The van der Waals surface area contributed by atoms with Crippen molar-refractivity contribution in [3.8, 4) is 0 Å². The number of rotatable bonds is 1. The van der Waals surface area contributed by atoms with Crippen LogP contribution in [0.2, 0.25) is 0 Å². The van der Waals surface area contributed by atoms with Crippen molar-refractivity contribution < 1.29 is 22.7 Å². The molecular formula is C9H5F3N2O2. The lowest BCUT2D eigenvalue weighted by atomic mass is 10.1. The van der Waals surface area contributed by atoms with Gasteiger partial charge in [-0.15, -0.1) is 0 Å². The number of aliphatic imine (C=N–C) groups is 1. The highest BCUT2D eigenvalue weighted by Crippen LogP contribution is 2.25. The SMILES string of the molecule is NC1=NC(=O)C(c2cc(F)c(F)c(F)c2)O1. The number of amides is 1. The van der Waals surface area contributed by atoms with E-state index in [1.807, 2.05) is 0 Å². The molecule has 1 amide bonds. The van der Waals surface area contributed by atoms with Gasteiger partial charge in [-0.05, 0) is 12.1 Å². The molecule has 2 N–H and O–H groups in total. The maximum atomic E-state index is 12.9. The van der Waals surface area contributed by atoms with E-state index in [1.165, 1.54) is 0 Å². The number of hydrogen-bond acceptors (Lipinski definition) is 3. The Bertz CT molecular complexity index is 479. The van der Waals surface area contributed by atoms with Crippen LogP contribution in [-0.2, 0) is 9.53 Å². The van der Waals surface area contributed by atoms with Gasteiger partial charge in [0.25, 0.3) is 11.9 Å². The predicted octanol–water partition coefficient (Wildman–Crippen LogP) is 1.02. The molecule has 0 radical (unpaired) electrons. The summed E-state index contributed by atoms with van der Waals surface area (Å²) in [5.41, 5.74) is 4.93. The highest BCUT2D eigenvalue weighted by atomic mass is 19.2. The van der Waals surface area contributed by atoms with Crippen LogP contribution in [0.25, 0.3) is 0 Å². The Balaban J connectivity index is 2.40. The topological polar surface area (TPSA) is 64.7 Å². The molecule has 1 heterocycles. The van der Waals surface area contributed by atoms with Crippen LogP contribution in [0.4, 0.5) is 13.2 Å². The third-order valence-corrected chi connectivity index (χ3v) is 1.99. The molecule has 0 saturated heterocycles. The molecule has 84 valence electrons. The first kappa shape index (κ1) is 10.5. The molecule has 1 unspecified atom stereocenters. The van der Waals surface area contributed by atoms with Crippen LogP contribution < -0.4 is 5.73 Å². The van der Waals surface area contributed by atoms with E-state index < -0.39 is 29.5 Å². The minimum absolute atomic E-state index is 0.175. The first-order chi connectivity index (χ1) is 7.49. The molecule has 2 rings (SSSR count). The van der Waals surface area contributed by atoms with Crippen molar-refractivity contribution in [2.45, 2.75) is 6.10 Å². The lowest BCUT2D eigenvalue weighted by Crippen LogP contribution is -2.14. The van der Waals surface area contributed by atoms with Crippen molar-refractivity contribution >= 4 is 11.9 Å². The molecule has 1 atom stereocenters. The quantitative estimate of drug-likeness (QED) is 0.732. The van der Waals surface area contributed by atoms with Gasteiger partial charge in [0.2, 0.25) is 6.10 Å². The first-order valence-electron chi connectivity index (χ1n) is 4.18. The molecule has 4 nitrogen and oxygen atoms in total. The summed E-state index contributed by atoms with van der Waals surface area (Å²) in [4.78, 5) is 14.4. The number of halogens is 3. The summed E-state index contributed by atoms with van der Waals surface area (Å²) in [6.07, 6.45) is -1.32. The highest BCUT2D eigenvalue weighted by molar-refractivity contribution is 5.98. The molecule has 1 aromatic rings. The van der Waals surface area contributed by atoms with E-state index in [0.717, 1.165) is 0 Å². The molecule has 0 aliphatic carbocycles. The average Bonchev–Trinajstić information content (AvgIpc) is 2.53. The van der Waals surface area contributed by atoms with Crippen molar-refractivity contribution in [3.05, 3.63) is 35.1 Å². The fourth-order valence-corrected chi connectivity index (χ4v) is 1.30. The second-order valence-corrected chi connectivity index (χ2v) is 3.08. The number of nitrogens with zero attached hydrogens (tertiary/aromatic N) is 1. The van der Waals surface area contributed by atoms with E-state index in [9.17, 15) is 18.0 Å². The maximum absolute atomic E-state index is 12.9. The third-order valence-electron chi connectivity index (χ3n) is 1.99. The van der Waals surface area contributed by atoms with E-state index in [0.29, 0.717) is 12.1 Å². The zero-order valence-electron chi connectivity index (χ0n) is 7.71. The summed E-state index contributed by atoms with van der Waals surface area (Å²) in [5, 5.41) is 0. The molecular weight excluding hydrogens is 225 g/mol. The molecule has 0 saturated carbocycles. The van der Waals surface area contributed by atoms with Gasteiger partial charge in [0.05, 0.1) is 0 Å². The predicted molar refractivity (Wildman–Crippen MR) is 46.8 cm³/mol. The zero-order valence-corrected chi connectivity index (χ0v) is 7.71. The van der Waals surface area contributed by atoms with Crippen molar-refractivity contribution in [3.63, 3.8) is 0 Å². The van der Waals surface area contributed by atoms with Gasteiger partial charge in [-0.25, -0.2) is 13.2 Å².